The van der Waals surface area contributed by atoms with Crippen molar-refractivity contribution in [2.24, 2.45) is 0 Å². The summed E-state index contributed by atoms with van der Waals surface area (Å²) in [4.78, 5) is 11.0. The standard InChI is InChI=1S/C5H4N.Na.HO2P/c1-2-4-6-5-3-1;;1-3-2/h1-4H;;(H,1,2). The molecule has 0 bridgehead atoms. The van der Waals surface area contributed by atoms with Crippen molar-refractivity contribution in [1.82, 2.24) is 4.98 Å². The van der Waals surface area contributed by atoms with Crippen molar-refractivity contribution >= 4 is 39.6 Å². The third-order valence-corrected chi connectivity index (χ3v) is 1.40. The minimum absolute atomic E-state index is 0.833. The average Bonchev–Trinajstić information content (AvgIpc) is 1.91. The molecular formula is C5H5NNaO2P. The quantitative estimate of drug-likeness (QED) is 0.436. The van der Waals surface area contributed by atoms with Gasteiger partial charge in [0.25, 0.3) is 0 Å². The molecule has 0 aromatic carbocycles. The van der Waals surface area contributed by atoms with Crippen LogP contribution in [0.25, 0.3) is 0 Å². The second-order valence-electron chi connectivity index (χ2n) is 1.55. The van der Waals surface area contributed by atoms with Crippen LogP contribution in [0.2, 0.25) is 0 Å². The van der Waals surface area contributed by atoms with E-state index < -0.39 is 8.69 Å². The van der Waals surface area contributed by atoms with Crippen LogP contribution >= 0.6 is 8.69 Å². The van der Waals surface area contributed by atoms with E-state index in [4.69, 9.17) is 9.46 Å². The summed E-state index contributed by atoms with van der Waals surface area (Å²) in [6.45, 7) is 0. The van der Waals surface area contributed by atoms with Crippen molar-refractivity contribution in [3.05, 3.63) is 24.4 Å². The Labute approximate surface area is 78.2 Å². The first-order chi connectivity index (χ1) is 4.81. The van der Waals surface area contributed by atoms with Crippen LogP contribution in [0.4, 0.5) is 0 Å². The van der Waals surface area contributed by atoms with Crippen LogP contribution in [0.5, 0.6) is 0 Å². The molecule has 10 heavy (non-hydrogen) atoms. The fourth-order valence-electron chi connectivity index (χ4n) is 0.448. The van der Waals surface area contributed by atoms with E-state index in [1.165, 1.54) is 2.94 Å². The summed E-state index contributed by atoms with van der Waals surface area (Å²) in [6.07, 6.45) is 1.82. The molecule has 3 nitrogen and oxygen atoms in total. The van der Waals surface area contributed by atoms with E-state index in [1.54, 1.807) is 0 Å². The molecule has 0 aliphatic heterocycles. The summed E-state index contributed by atoms with van der Waals surface area (Å²) in [6, 6.07) is 5.98. The third-order valence-electron chi connectivity index (χ3n) is 0.813. The molecule has 0 atom stereocenters. The van der Waals surface area contributed by atoms with Gasteiger partial charge >= 0.3 is 68.9 Å². The Morgan fingerprint density at radius 1 is 1.60 bits per heavy atom. The number of hydrogen-bond acceptors (Lipinski definition) is 2. The van der Waals surface area contributed by atoms with Gasteiger partial charge in [-0.1, -0.05) is 0 Å². The molecule has 1 heterocycles. The summed E-state index contributed by atoms with van der Waals surface area (Å²) in [5.74, 6) is 0. The van der Waals surface area contributed by atoms with Gasteiger partial charge in [-0.2, -0.15) is 0 Å². The van der Waals surface area contributed by atoms with Crippen LogP contribution in [0.15, 0.2) is 24.4 Å². The second kappa shape index (κ2) is 7.32. The van der Waals surface area contributed by atoms with Gasteiger partial charge in [0.1, 0.15) is 0 Å². The monoisotopic (exact) mass is 165 g/mol. The Kier molecular flexibility index (Phi) is 7.47. The topological polar surface area (TPSA) is 50.2 Å². The van der Waals surface area contributed by atoms with Crippen LogP contribution in [0.3, 0.4) is 0 Å². The van der Waals surface area contributed by atoms with Gasteiger partial charge in [0.2, 0.25) is 0 Å². The molecule has 1 aromatic rings. The van der Waals surface area contributed by atoms with E-state index in [9.17, 15) is 0 Å². The predicted molar refractivity (Wildman–Crippen MR) is 39.5 cm³/mol. The van der Waals surface area contributed by atoms with Crippen molar-refractivity contribution in [1.29, 1.82) is 0 Å². The van der Waals surface area contributed by atoms with Crippen molar-refractivity contribution in [2.45, 2.75) is 0 Å². The summed E-state index contributed by atoms with van der Waals surface area (Å²) in [5, 5.41) is 0. The fourth-order valence-corrected chi connectivity index (χ4v) is 0.790. The Hall–Kier alpha value is 0.210. The van der Waals surface area contributed by atoms with Crippen molar-refractivity contribution < 1.29 is 9.46 Å². The number of aromatic nitrogens is 1. The van der Waals surface area contributed by atoms with Gasteiger partial charge < -0.3 is 4.89 Å². The summed E-state index contributed by atoms with van der Waals surface area (Å²) < 4.78 is 9.67. The molecule has 0 aliphatic carbocycles. The van der Waals surface area contributed by atoms with E-state index in [2.05, 4.69) is 4.98 Å². The maximum absolute atomic E-state index is 8.46. The van der Waals surface area contributed by atoms with E-state index in [0.717, 1.165) is 27.9 Å². The predicted octanol–water partition coefficient (Wildman–Crippen LogP) is 0.0608. The molecular weight excluding hydrogens is 160 g/mol. The third kappa shape index (κ3) is 6.33. The van der Waals surface area contributed by atoms with E-state index in [-0.39, 0.29) is 0 Å². The van der Waals surface area contributed by atoms with Crippen LogP contribution < -0.4 is 2.94 Å². The van der Waals surface area contributed by atoms with Crippen molar-refractivity contribution in [3.8, 4) is 0 Å². The van der Waals surface area contributed by atoms with Gasteiger partial charge in [0, 0.05) is 0 Å². The van der Waals surface area contributed by atoms with E-state index in [0.29, 0.717) is 0 Å². The number of nitrogens with zero attached hydrogens (tertiary/aromatic N) is 1. The van der Waals surface area contributed by atoms with Gasteiger partial charge in [0.05, 0.1) is 0 Å². The summed E-state index contributed by atoms with van der Waals surface area (Å²) >= 11 is 1.06. The number of rotatable bonds is 0. The van der Waals surface area contributed by atoms with Crippen molar-refractivity contribution in [2.75, 3.05) is 0 Å². The van der Waals surface area contributed by atoms with Gasteiger partial charge in [-0.05, 0) is 0 Å². The molecule has 1 N–H and O–H groups in total. The number of hydrogen-bond donors (Lipinski definition) is 1. The first kappa shape index (κ1) is 10.2. The van der Waals surface area contributed by atoms with Gasteiger partial charge in [0.15, 0.2) is 0 Å². The molecule has 48 valence electrons. The zero-order valence-corrected chi connectivity index (χ0v) is 8.45. The summed E-state index contributed by atoms with van der Waals surface area (Å²) in [5.41, 5.74) is 0. The molecule has 0 unspecified atom stereocenters. The zero-order valence-electron chi connectivity index (χ0n) is 5.56. The molecule has 0 saturated carbocycles. The molecule has 5 heteroatoms. The molecule has 0 saturated heterocycles. The first-order valence-corrected chi connectivity index (χ1v) is 4.42. The average molecular weight is 165 g/mol. The SMILES string of the molecule is O=PO.[Na][c]1ccccn1. The van der Waals surface area contributed by atoms with Crippen molar-refractivity contribution in [3.63, 3.8) is 0 Å². The van der Waals surface area contributed by atoms with Crippen LogP contribution in [0.1, 0.15) is 0 Å². The minimum atomic E-state index is -0.833. The molecule has 0 amide bonds. The Bertz CT molecular complexity index is 182. The summed E-state index contributed by atoms with van der Waals surface area (Å²) in [7, 11) is -0.833. The fraction of sp³-hybridized carbons (Fsp3) is 0. The van der Waals surface area contributed by atoms with Gasteiger partial charge in [-0.15, -0.1) is 0 Å². The normalized spacial score (nSPS) is 8.30. The zero-order chi connectivity index (χ0) is 7.82. The number of pyridine rings is 1. The van der Waals surface area contributed by atoms with Crippen LogP contribution in [0, 0.1) is 0 Å². The second-order valence-corrected chi connectivity index (χ2v) is 2.74. The molecule has 1 rings (SSSR count). The Morgan fingerprint density at radius 3 is 2.40 bits per heavy atom. The molecule has 0 fully saturated rings. The molecule has 0 spiro atoms. The van der Waals surface area contributed by atoms with Crippen LogP contribution in [-0.2, 0) is 4.57 Å². The molecule has 0 radical (unpaired) electrons. The van der Waals surface area contributed by atoms with E-state index in [1.807, 2.05) is 24.4 Å². The Morgan fingerprint density at radius 2 is 2.20 bits per heavy atom. The maximum atomic E-state index is 8.46. The Balaban J connectivity index is 0.000000236. The first-order valence-electron chi connectivity index (χ1n) is 2.65. The van der Waals surface area contributed by atoms with Gasteiger partial charge in [-0.25, -0.2) is 4.57 Å². The van der Waals surface area contributed by atoms with Crippen LogP contribution in [-0.4, -0.2) is 37.8 Å². The molecule has 0 aliphatic rings. The van der Waals surface area contributed by atoms with Gasteiger partial charge in [-0.3, -0.25) is 0 Å². The molecule has 1 aromatic heterocycles. The van der Waals surface area contributed by atoms with E-state index >= 15 is 0 Å².